The van der Waals surface area contributed by atoms with E-state index in [1.54, 1.807) is 22.9 Å². The zero-order valence-corrected chi connectivity index (χ0v) is 16.2. The number of anilines is 1. The van der Waals surface area contributed by atoms with Crippen molar-refractivity contribution < 1.29 is 9.72 Å². The molecule has 8 nitrogen and oxygen atoms in total. The minimum absolute atomic E-state index is 0.147. The lowest BCUT2D eigenvalue weighted by atomic mass is 10.2. The van der Waals surface area contributed by atoms with E-state index in [4.69, 9.17) is 0 Å². The van der Waals surface area contributed by atoms with Crippen LogP contribution in [0.1, 0.15) is 16.2 Å². The first-order valence-electron chi connectivity index (χ1n) is 9.36. The molecule has 1 aliphatic heterocycles. The van der Waals surface area contributed by atoms with Gasteiger partial charge in [0.2, 0.25) is 0 Å². The molecule has 3 aromatic rings. The van der Waals surface area contributed by atoms with Crippen LogP contribution in [-0.4, -0.2) is 47.2 Å². The van der Waals surface area contributed by atoms with E-state index in [0.717, 1.165) is 49.5 Å². The van der Waals surface area contributed by atoms with Crippen LogP contribution < -0.4 is 10.2 Å². The number of rotatable bonds is 4. The summed E-state index contributed by atoms with van der Waals surface area (Å²) in [4.78, 5) is 22.8. The minimum atomic E-state index is -0.373. The number of carbonyl (C=O) groups excluding carboxylic acids is 1. The average molecular weight is 393 g/mol. The van der Waals surface area contributed by atoms with E-state index < -0.39 is 0 Å². The van der Waals surface area contributed by atoms with Gasteiger partial charge in [-0.1, -0.05) is 18.2 Å². The third-order valence-electron chi connectivity index (χ3n) is 4.57. The number of para-hydroxylation sites is 1. The van der Waals surface area contributed by atoms with Crippen LogP contribution in [0, 0.1) is 17.0 Å². The van der Waals surface area contributed by atoms with Crippen LogP contribution in [0.3, 0.4) is 0 Å². The maximum Gasteiger partial charge on any atom is 0.269 e. The lowest BCUT2D eigenvalue weighted by molar-refractivity contribution is -0.384. The lowest BCUT2D eigenvalue weighted by Crippen LogP contribution is -2.43. The normalized spacial score (nSPS) is 13.3. The Morgan fingerprint density at radius 3 is 2.24 bits per heavy atom. The summed E-state index contributed by atoms with van der Waals surface area (Å²) in [6, 6.07) is 18.2. The predicted molar refractivity (Wildman–Crippen MR) is 112 cm³/mol. The molecule has 0 radical (unpaired) electrons. The number of nitrogens with zero attached hydrogens (tertiary/aromatic N) is 4. The van der Waals surface area contributed by atoms with Crippen LogP contribution in [-0.2, 0) is 0 Å². The van der Waals surface area contributed by atoms with Crippen molar-refractivity contribution in [3.63, 3.8) is 0 Å². The van der Waals surface area contributed by atoms with Crippen LogP contribution in [0.5, 0.6) is 0 Å². The average Bonchev–Trinajstić information content (AvgIpc) is 3.16. The number of aldehydes is 1. The number of nitro groups is 1. The van der Waals surface area contributed by atoms with Gasteiger partial charge in [-0.15, -0.1) is 0 Å². The molecule has 1 saturated heterocycles. The van der Waals surface area contributed by atoms with Crippen LogP contribution >= 0.6 is 0 Å². The fourth-order valence-electron chi connectivity index (χ4n) is 3.09. The third kappa shape index (κ3) is 5.26. The van der Waals surface area contributed by atoms with Crippen LogP contribution in [0.25, 0.3) is 5.69 Å². The van der Waals surface area contributed by atoms with E-state index in [9.17, 15) is 14.9 Å². The number of piperazine rings is 1. The smallest absolute Gasteiger partial charge is 0.269 e. The van der Waals surface area contributed by atoms with Crippen LogP contribution in [0.15, 0.2) is 60.7 Å². The molecular formula is C21H23N5O3. The van der Waals surface area contributed by atoms with Gasteiger partial charge < -0.3 is 10.2 Å². The summed E-state index contributed by atoms with van der Waals surface area (Å²) in [7, 11) is 0. The zero-order valence-electron chi connectivity index (χ0n) is 16.2. The van der Waals surface area contributed by atoms with Crippen molar-refractivity contribution in [1.29, 1.82) is 0 Å². The van der Waals surface area contributed by atoms with Gasteiger partial charge in [0, 0.05) is 49.7 Å². The fourth-order valence-corrected chi connectivity index (χ4v) is 3.09. The molecule has 1 aliphatic rings. The van der Waals surface area contributed by atoms with E-state index in [-0.39, 0.29) is 10.6 Å². The molecule has 0 bridgehead atoms. The van der Waals surface area contributed by atoms with Gasteiger partial charge >= 0.3 is 0 Å². The lowest BCUT2D eigenvalue weighted by Gasteiger charge is -2.29. The molecule has 1 fully saturated rings. The number of benzene rings is 2. The molecule has 8 heteroatoms. The highest BCUT2D eigenvalue weighted by atomic mass is 16.6. The van der Waals surface area contributed by atoms with Crippen molar-refractivity contribution in [2.45, 2.75) is 6.92 Å². The Kier molecular flexibility index (Phi) is 6.70. The van der Waals surface area contributed by atoms with E-state index in [2.05, 4.69) is 15.3 Å². The van der Waals surface area contributed by atoms with Crippen LogP contribution in [0.4, 0.5) is 11.4 Å². The Hall–Kier alpha value is -3.52. The molecule has 1 aromatic heterocycles. The molecule has 0 saturated carbocycles. The Morgan fingerprint density at radius 2 is 1.69 bits per heavy atom. The van der Waals surface area contributed by atoms with Gasteiger partial charge in [-0.2, -0.15) is 5.10 Å². The number of aryl methyl sites for hydroxylation is 1. The second-order valence-corrected chi connectivity index (χ2v) is 6.59. The summed E-state index contributed by atoms with van der Waals surface area (Å²) in [5.74, 6) is 0. The van der Waals surface area contributed by atoms with Gasteiger partial charge in [-0.3, -0.25) is 14.9 Å². The van der Waals surface area contributed by atoms with Crippen molar-refractivity contribution in [2.24, 2.45) is 0 Å². The molecule has 0 aliphatic carbocycles. The SMILES string of the molecule is Cc1cc(C=O)nn1-c1ccccc1.O=[N+]([O-])c1ccc(N2CCNCC2)cc1. The summed E-state index contributed by atoms with van der Waals surface area (Å²) >= 11 is 0. The topological polar surface area (TPSA) is 93.3 Å². The van der Waals surface area contributed by atoms with E-state index in [1.807, 2.05) is 49.4 Å². The maximum absolute atomic E-state index is 10.5. The first-order chi connectivity index (χ1) is 14.1. The summed E-state index contributed by atoms with van der Waals surface area (Å²) in [6.45, 7) is 5.77. The van der Waals surface area contributed by atoms with Crippen molar-refractivity contribution >= 4 is 17.7 Å². The highest BCUT2D eigenvalue weighted by Gasteiger charge is 2.11. The number of carbonyl (C=O) groups is 1. The Morgan fingerprint density at radius 1 is 1.03 bits per heavy atom. The number of hydrogen-bond donors (Lipinski definition) is 1. The first kappa shape index (κ1) is 20.2. The number of non-ortho nitro benzene ring substituents is 1. The fraction of sp³-hybridized carbons (Fsp3) is 0.238. The second kappa shape index (κ2) is 9.61. The maximum atomic E-state index is 10.5. The first-order valence-corrected chi connectivity index (χ1v) is 9.36. The summed E-state index contributed by atoms with van der Waals surface area (Å²) in [6.07, 6.45) is 0.756. The Balaban J connectivity index is 0.000000166. The van der Waals surface area contributed by atoms with E-state index in [1.165, 1.54) is 0 Å². The molecule has 150 valence electrons. The molecule has 1 N–H and O–H groups in total. The molecule has 2 aromatic carbocycles. The standard InChI is InChI=1S/C11H10N2O.C10H13N3O2/c1-9-7-10(8-14)12-13(9)11-5-3-2-4-6-11;14-13(15)10-3-1-9(2-4-10)12-7-5-11-6-8-12/h2-8H,1H3;1-4,11H,5-8H2. The molecule has 4 rings (SSSR count). The van der Waals surface area contributed by atoms with Gasteiger partial charge in [0.05, 0.1) is 10.6 Å². The molecular weight excluding hydrogens is 370 g/mol. The third-order valence-corrected chi connectivity index (χ3v) is 4.57. The zero-order chi connectivity index (χ0) is 20.6. The van der Waals surface area contributed by atoms with Gasteiger partial charge in [0.15, 0.2) is 6.29 Å². The molecule has 0 spiro atoms. The highest BCUT2D eigenvalue weighted by molar-refractivity contribution is 5.72. The summed E-state index contributed by atoms with van der Waals surface area (Å²) < 4.78 is 1.75. The minimum Gasteiger partial charge on any atom is -0.369 e. The van der Waals surface area contributed by atoms with Gasteiger partial charge in [0.25, 0.3) is 5.69 Å². The molecule has 0 unspecified atom stereocenters. The second-order valence-electron chi connectivity index (χ2n) is 6.59. The van der Waals surface area contributed by atoms with Crippen LogP contribution in [0.2, 0.25) is 0 Å². The van der Waals surface area contributed by atoms with Crippen molar-refractivity contribution in [1.82, 2.24) is 15.1 Å². The van der Waals surface area contributed by atoms with Gasteiger partial charge in [-0.25, -0.2) is 4.68 Å². The monoisotopic (exact) mass is 393 g/mol. The van der Waals surface area contributed by atoms with E-state index in [0.29, 0.717) is 5.69 Å². The Labute approximate surface area is 168 Å². The number of aromatic nitrogens is 2. The molecule has 2 heterocycles. The number of nitro benzene ring substituents is 1. The number of hydrogen-bond acceptors (Lipinski definition) is 6. The quantitative estimate of drug-likeness (QED) is 0.416. The van der Waals surface area contributed by atoms with Crippen molar-refractivity contribution in [2.75, 3.05) is 31.1 Å². The number of nitrogens with one attached hydrogen (secondary N) is 1. The molecule has 0 amide bonds. The largest absolute Gasteiger partial charge is 0.369 e. The Bertz CT molecular complexity index is 948. The predicted octanol–water partition coefficient (Wildman–Crippen LogP) is 3.00. The summed E-state index contributed by atoms with van der Waals surface area (Å²) in [5, 5.41) is 17.9. The van der Waals surface area contributed by atoms with Gasteiger partial charge in [-0.05, 0) is 37.3 Å². The van der Waals surface area contributed by atoms with Gasteiger partial charge in [0.1, 0.15) is 5.69 Å². The highest BCUT2D eigenvalue weighted by Crippen LogP contribution is 2.19. The summed E-state index contributed by atoms with van der Waals surface area (Å²) in [5.41, 5.74) is 3.60. The molecule has 29 heavy (non-hydrogen) atoms. The van der Waals surface area contributed by atoms with Crippen molar-refractivity contribution in [3.8, 4) is 5.69 Å². The van der Waals surface area contributed by atoms with E-state index >= 15 is 0 Å². The molecule has 0 atom stereocenters. The van der Waals surface area contributed by atoms with Crippen molar-refractivity contribution in [3.05, 3.63) is 82.2 Å².